The third-order valence-electron chi connectivity index (χ3n) is 2.98. The van der Waals surface area contributed by atoms with E-state index in [9.17, 15) is 4.79 Å². The Labute approximate surface area is 128 Å². The molecule has 3 nitrogen and oxygen atoms in total. The molecule has 0 saturated carbocycles. The summed E-state index contributed by atoms with van der Waals surface area (Å²) in [5.74, 6) is 0.425. The number of thiophene rings is 1. The van der Waals surface area contributed by atoms with Crippen LogP contribution in [0.15, 0.2) is 53.4 Å². The minimum Gasteiger partial charge on any atom is -0.497 e. The van der Waals surface area contributed by atoms with Gasteiger partial charge in [-0.1, -0.05) is 18.7 Å². The average molecular weight is 300 g/mol. The number of carbonyl (C=O) groups excluding carboxylic acids is 1. The summed E-state index contributed by atoms with van der Waals surface area (Å²) < 4.78 is 10.6. The van der Waals surface area contributed by atoms with Crippen molar-refractivity contribution in [2.45, 2.75) is 13.0 Å². The van der Waals surface area contributed by atoms with E-state index in [1.807, 2.05) is 41.1 Å². The van der Waals surface area contributed by atoms with E-state index in [-0.39, 0.29) is 5.97 Å². The Kier molecular flexibility index (Phi) is 4.99. The van der Waals surface area contributed by atoms with Crippen molar-refractivity contribution < 1.29 is 14.3 Å². The van der Waals surface area contributed by atoms with Gasteiger partial charge in [0.25, 0.3) is 0 Å². The van der Waals surface area contributed by atoms with Crippen LogP contribution in [0.25, 0.3) is 5.57 Å². The molecule has 0 spiro atoms. The summed E-state index contributed by atoms with van der Waals surface area (Å²) in [6.45, 7) is 5.13. The lowest BCUT2D eigenvalue weighted by Crippen LogP contribution is -2.09. The van der Waals surface area contributed by atoms with E-state index >= 15 is 0 Å². The number of methoxy groups -OCH3 is 1. The van der Waals surface area contributed by atoms with Crippen LogP contribution in [0, 0.1) is 0 Å². The van der Waals surface area contributed by atoms with E-state index in [0.29, 0.717) is 0 Å². The third-order valence-corrected chi connectivity index (χ3v) is 3.68. The average Bonchev–Trinajstić information content (AvgIpc) is 3.01. The molecule has 2 rings (SSSR count). The molecule has 1 heterocycles. The number of rotatable bonds is 5. The summed E-state index contributed by atoms with van der Waals surface area (Å²) in [5, 5.41) is 3.90. The van der Waals surface area contributed by atoms with Gasteiger partial charge in [0.1, 0.15) is 5.75 Å². The van der Waals surface area contributed by atoms with Gasteiger partial charge in [-0.2, -0.15) is 11.3 Å². The van der Waals surface area contributed by atoms with Crippen molar-refractivity contribution in [2.75, 3.05) is 7.11 Å². The molecule has 4 heteroatoms. The van der Waals surface area contributed by atoms with Gasteiger partial charge in [-0.3, -0.25) is 4.79 Å². The van der Waals surface area contributed by atoms with E-state index in [2.05, 4.69) is 12.3 Å². The molecule has 1 aromatic heterocycles. The summed E-state index contributed by atoms with van der Waals surface area (Å²) in [5.41, 5.74) is 5.44. The van der Waals surface area contributed by atoms with E-state index in [1.54, 1.807) is 18.4 Å². The fourth-order valence-electron chi connectivity index (χ4n) is 2.00. The van der Waals surface area contributed by atoms with Gasteiger partial charge in [0.15, 0.2) is 6.10 Å². The fraction of sp³-hybridized carbons (Fsp3) is 0.176. The molecule has 0 radical (unpaired) electrons. The van der Waals surface area contributed by atoms with Crippen LogP contribution in [0.1, 0.15) is 24.2 Å². The first kappa shape index (κ1) is 15.1. The van der Waals surface area contributed by atoms with Crippen molar-refractivity contribution in [1.29, 1.82) is 0 Å². The van der Waals surface area contributed by atoms with Gasteiger partial charge in [0.05, 0.1) is 7.11 Å². The number of hydrogen-bond acceptors (Lipinski definition) is 4. The summed E-state index contributed by atoms with van der Waals surface area (Å²) >= 11 is 1.55. The quantitative estimate of drug-likeness (QED) is 0.612. The first-order valence-corrected chi connectivity index (χ1v) is 7.33. The maximum atomic E-state index is 11.4. The fourth-order valence-corrected chi connectivity index (χ4v) is 2.67. The topological polar surface area (TPSA) is 35.5 Å². The second-order valence-corrected chi connectivity index (χ2v) is 5.15. The zero-order valence-electron chi connectivity index (χ0n) is 12.0. The standard InChI is InChI=1S/C17H16O3S/c1-4-16(13-5-7-15(19-3)8-6-13)17(20-12(2)18)14-9-10-21-11-14/h5-11,17H,1H2,2-3H3. The second kappa shape index (κ2) is 6.93. The molecular weight excluding hydrogens is 284 g/mol. The summed E-state index contributed by atoms with van der Waals surface area (Å²) in [7, 11) is 1.62. The minimum absolute atomic E-state index is 0.340. The molecule has 1 atom stereocenters. The van der Waals surface area contributed by atoms with Gasteiger partial charge in [-0.15, -0.1) is 5.73 Å². The van der Waals surface area contributed by atoms with E-state index < -0.39 is 6.10 Å². The van der Waals surface area contributed by atoms with Crippen LogP contribution in [-0.2, 0) is 9.53 Å². The first-order chi connectivity index (χ1) is 10.2. The van der Waals surface area contributed by atoms with Crippen LogP contribution in [0.4, 0.5) is 0 Å². The largest absolute Gasteiger partial charge is 0.497 e. The predicted octanol–water partition coefficient (Wildman–Crippen LogP) is 4.23. The Bertz CT molecular complexity index is 650. The highest BCUT2D eigenvalue weighted by Crippen LogP contribution is 2.34. The molecule has 2 aromatic rings. The van der Waals surface area contributed by atoms with Crippen LogP contribution in [0.5, 0.6) is 5.75 Å². The van der Waals surface area contributed by atoms with Crippen molar-refractivity contribution in [3.8, 4) is 5.75 Å². The number of carbonyl (C=O) groups is 1. The van der Waals surface area contributed by atoms with Gasteiger partial charge >= 0.3 is 5.97 Å². The third kappa shape index (κ3) is 3.63. The van der Waals surface area contributed by atoms with Crippen LogP contribution < -0.4 is 4.74 Å². The summed E-state index contributed by atoms with van der Waals surface area (Å²) in [4.78, 5) is 11.4. The predicted molar refractivity (Wildman–Crippen MR) is 84.4 cm³/mol. The van der Waals surface area contributed by atoms with Gasteiger partial charge in [-0.25, -0.2) is 0 Å². The normalized spacial score (nSPS) is 11.3. The smallest absolute Gasteiger partial charge is 0.303 e. The SMILES string of the molecule is C=C=C(c1ccc(OC)cc1)C(OC(C)=O)c1ccsc1. The molecule has 0 saturated heterocycles. The van der Waals surface area contributed by atoms with Gasteiger partial charge < -0.3 is 9.47 Å². The molecule has 1 unspecified atom stereocenters. The lowest BCUT2D eigenvalue weighted by Gasteiger charge is -2.18. The number of benzene rings is 1. The highest BCUT2D eigenvalue weighted by atomic mass is 32.1. The summed E-state index contributed by atoms with van der Waals surface area (Å²) in [6.07, 6.45) is -0.500. The van der Waals surface area contributed by atoms with E-state index in [4.69, 9.17) is 9.47 Å². The number of ether oxygens (including phenoxy) is 2. The Morgan fingerprint density at radius 2 is 2.00 bits per heavy atom. The molecule has 0 bridgehead atoms. The molecule has 0 aliphatic carbocycles. The van der Waals surface area contributed by atoms with Gasteiger partial charge in [0, 0.05) is 18.1 Å². The molecule has 108 valence electrons. The van der Waals surface area contributed by atoms with Gasteiger partial charge in [-0.05, 0) is 34.5 Å². The van der Waals surface area contributed by atoms with Crippen LogP contribution in [0.3, 0.4) is 0 Å². The van der Waals surface area contributed by atoms with E-state index in [1.165, 1.54) is 6.92 Å². The molecule has 0 amide bonds. The van der Waals surface area contributed by atoms with Crippen molar-refractivity contribution in [3.05, 3.63) is 64.5 Å². The second-order valence-electron chi connectivity index (χ2n) is 4.37. The molecule has 0 aliphatic heterocycles. The van der Waals surface area contributed by atoms with Crippen LogP contribution in [0.2, 0.25) is 0 Å². The van der Waals surface area contributed by atoms with Crippen LogP contribution in [-0.4, -0.2) is 13.1 Å². The zero-order chi connectivity index (χ0) is 15.2. The van der Waals surface area contributed by atoms with Crippen molar-refractivity contribution in [2.24, 2.45) is 0 Å². The molecular formula is C17H16O3S. The lowest BCUT2D eigenvalue weighted by atomic mass is 9.97. The van der Waals surface area contributed by atoms with Crippen molar-refractivity contribution in [1.82, 2.24) is 0 Å². The van der Waals surface area contributed by atoms with Crippen molar-refractivity contribution >= 4 is 22.9 Å². The van der Waals surface area contributed by atoms with Crippen LogP contribution >= 0.6 is 11.3 Å². The first-order valence-electron chi connectivity index (χ1n) is 6.39. The maximum Gasteiger partial charge on any atom is 0.303 e. The monoisotopic (exact) mass is 300 g/mol. The molecule has 0 N–H and O–H groups in total. The number of esters is 1. The Morgan fingerprint density at radius 1 is 1.29 bits per heavy atom. The lowest BCUT2D eigenvalue weighted by molar-refractivity contribution is -0.144. The Morgan fingerprint density at radius 3 is 2.48 bits per heavy atom. The van der Waals surface area contributed by atoms with E-state index in [0.717, 1.165) is 22.4 Å². The van der Waals surface area contributed by atoms with Gasteiger partial charge in [0.2, 0.25) is 0 Å². The number of hydrogen-bond donors (Lipinski definition) is 0. The summed E-state index contributed by atoms with van der Waals surface area (Å²) in [6, 6.07) is 9.43. The molecule has 21 heavy (non-hydrogen) atoms. The molecule has 0 fully saturated rings. The van der Waals surface area contributed by atoms with Crippen molar-refractivity contribution in [3.63, 3.8) is 0 Å². The zero-order valence-corrected chi connectivity index (χ0v) is 12.8. The molecule has 0 aliphatic rings. The Balaban J connectivity index is 2.40. The molecule has 1 aromatic carbocycles. The Hall–Kier alpha value is -2.29. The minimum atomic E-state index is -0.500. The highest BCUT2D eigenvalue weighted by Gasteiger charge is 2.21. The maximum absolute atomic E-state index is 11.4. The highest BCUT2D eigenvalue weighted by molar-refractivity contribution is 7.08.